The lowest BCUT2D eigenvalue weighted by Crippen LogP contribution is -2.19. The van der Waals surface area contributed by atoms with Crippen LogP contribution in [-0.2, 0) is 4.74 Å². The molecule has 0 amide bonds. The fourth-order valence-electron chi connectivity index (χ4n) is 1.35. The normalized spacial score (nSPS) is 12.9. The summed E-state index contributed by atoms with van der Waals surface area (Å²) in [5, 5.41) is 4.60. The number of unbranched alkanes of at least 4 members (excludes halogenated alkanes) is 1. The summed E-state index contributed by atoms with van der Waals surface area (Å²) >= 11 is 5.11. The van der Waals surface area contributed by atoms with Crippen molar-refractivity contribution in [2.45, 2.75) is 32.7 Å². The monoisotopic (exact) mass is 306 g/mol. The Bertz CT molecular complexity index is 293. The highest BCUT2D eigenvalue weighted by Gasteiger charge is 2.08. The molecular weight excluding hydrogens is 288 g/mol. The molecule has 5 heteroatoms. The Morgan fingerprint density at radius 3 is 3.00 bits per heavy atom. The van der Waals surface area contributed by atoms with Gasteiger partial charge in [-0.05, 0) is 49.2 Å². The van der Waals surface area contributed by atoms with E-state index in [9.17, 15) is 0 Å². The van der Waals surface area contributed by atoms with E-state index in [2.05, 4.69) is 33.2 Å². The van der Waals surface area contributed by atoms with Crippen molar-refractivity contribution in [1.29, 1.82) is 0 Å². The maximum Gasteiger partial charge on any atom is 0.110 e. The van der Waals surface area contributed by atoms with Crippen molar-refractivity contribution in [2.24, 2.45) is 0 Å². The molecule has 1 N–H and O–H groups in total. The number of hydrogen-bond donors (Lipinski definition) is 1. The van der Waals surface area contributed by atoms with Gasteiger partial charge in [-0.15, -0.1) is 11.3 Å². The first-order valence-corrected chi connectivity index (χ1v) is 7.27. The molecule has 0 radical (unpaired) electrons. The topological polar surface area (TPSA) is 34.1 Å². The molecule has 0 aliphatic heterocycles. The van der Waals surface area contributed by atoms with E-state index in [4.69, 9.17) is 4.74 Å². The number of hydrogen-bond acceptors (Lipinski definition) is 4. The van der Waals surface area contributed by atoms with Gasteiger partial charge in [0.2, 0.25) is 0 Å². The van der Waals surface area contributed by atoms with E-state index in [1.807, 2.05) is 13.1 Å². The molecule has 3 nitrogen and oxygen atoms in total. The standard InChI is InChI=1S/C11H19BrN2OS/c1-3-15-7-5-4-6-13-9(2)11-14-8-10(12)16-11/h8-9,13H,3-7H2,1-2H3. The van der Waals surface area contributed by atoms with E-state index in [1.165, 1.54) is 0 Å². The Morgan fingerprint density at radius 1 is 1.56 bits per heavy atom. The second-order valence-electron chi connectivity index (χ2n) is 3.58. The number of halogens is 1. The van der Waals surface area contributed by atoms with Crippen LogP contribution in [0.15, 0.2) is 9.98 Å². The summed E-state index contributed by atoms with van der Waals surface area (Å²) in [6.07, 6.45) is 4.12. The Labute approximate surface area is 110 Å². The van der Waals surface area contributed by atoms with E-state index in [-0.39, 0.29) is 0 Å². The van der Waals surface area contributed by atoms with Crippen LogP contribution in [0.1, 0.15) is 37.7 Å². The molecule has 0 bridgehead atoms. The Balaban J connectivity index is 2.09. The molecule has 1 rings (SSSR count). The van der Waals surface area contributed by atoms with Gasteiger partial charge in [0.15, 0.2) is 0 Å². The third-order valence-electron chi connectivity index (χ3n) is 2.24. The van der Waals surface area contributed by atoms with Gasteiger partial charge < -0.3 is 10.1 Å². The molecule has 0 aliphatic rings. The van der Waals surface area contributed by atoms with Gasteiger partial charge in [0.25, 0.3) is 0 Å². The van der Waals surface area contributed by atoms with Crippen molar-refractivity contribution in [3.05, 3.63) is 15.0 Å². The SMILES string of the molecule is CCOCCCCNC(C)c1ncc(Br)s1. The quantitative estimate of drug-likeness (QED) is 0.748. The molecule has 0 saturated heterocycles. The predicted octanol–water partition coefficient (Wildman–Crippen LogP) is 3.37. The van der Waals surface area contributed by atoms with Crippen molar-refractivity contribution in [2.75, 3.05) is 19.8 Å². The van der Waals surface area contributed by atoms with Gasteiger partial charge in [-0.1, -0.05) is 0 Å². The highest BCUT2D eigenvalue weighted by molar-refractivity contribution is 9.11. The number of ether oxygens (including phenoxy) is 1. The van der Waals surface area contributed by atoms with Crippen molar-refractivity contribution < 1.29 is 4.74 Å². The van der Waals surface area contributed by atoms with Crippen LogP contribution >= 0.6 is 27.3 Å². The molecule has 1 heterocycles. The lowest BCUT2D eigenvalue weighted by atomic mass is 10.3. The zero-order valence-electron chi connectivity index (χ0n) is 9.83. The first-order valence-electron chi connectivity index (χ1n) is 5.66. The average molecular weight is 307 g/mol. The van der Waals surface area contributed by atoms with Crippen molar-refractivity contribution in [1.82, 2.24) is 10.3 Å². The molecule has 1 aromatic heterocycles. The second-order valence-corrected chi connectivity index (χ2v) is 6.02. The summed E-state index contributed by atoms with van der Waals surface area (Å²) in [5.74, 6) is 0. The highest BCUT2D eigenvalue weighted by Crippen LogP contribution is 2.23. The molecule has 16 heavy (non-hydrogen) atoms. The van der Waals surface area contributed by atoms with Crippen LogP contribution in [0.3, 0.4) is 0 Å². The van der Waals surface area contributed by atoms with Crippen LogP contribution < -0.4 is 5.32 Å². The van der Waals surface area contributed by atoms with Gasteiger partial charge in [0.1, 0.15) is 5.01 Å². The molecule has 1 aromatic rings. The minimum atomic E-state index is 0.336. The van der Waals surface area contributed by atoms with Crippen LogP contribution in [0.5, 0.6) is 0 Å². The van der Waals surface area contributed by atoms with Gasteiger partial charge in [-0.25, -0.2) is 4.98 Å². The zero-order valence-corrected chi connectivity index (χ0v) is 12.2. The van der Waals surface area contributed by atoms with Gasteiger partial charge in [0.05, 0.1) is 16.0 Å². The summed E-state index contributed by atoms with van der Waals surface area (Å²) in [4.78, 5) is 4.33. The van der Waals surface area contributed by atoms with Gasteiger partial charge in [-0.3, -0.25) is 0 Å². The maximum atomic E-state index is 5.28. The van der Waals surface area contributed by atoms with E-state index >= 15 is 0 Å². The Kier molecular flexibility index (Phi) is 7.20. The Morgan fingerprint density at radius 2 is 2.38 bits per heavy atom. The molecule has 0 aliphatic carbocycles. The first kappa shape index (κ1) is 14.1. The van der Waals surface area contributed by atoms with Crippen molar-refractivity contribution in [3.8, 4) is 0 Å². The van der Waals surface area contributed by atoms with Crippen LogP contribution in [-0.4, -0.2) is 24.7 Å². The van der Waals surface area contributed by atoms with Crippen LogP contribution in [0.2, 0.25) is 0 Å². The van der Waals surface area contributed by atoms with E-state index in [1.54, 1.807) is 11.3 Å². The Hall–Kier alpha value is 0.0300. The number of rotatable bonds is 8. The third kappa shape index (κ3) is 5.39. The molecule has 0 saturated carbocycles. The van der Waals surface area contributed by atoms with Crippen molar-refractivity contribution >= 4 is 27.3 Å². The lowest BCUT2D eigenvalue weighted by Gasteiger charge is -2.10. The molecule has 1 unspecified atom stereocenters. The van der Waals surface area contributed by atoms with Crippen LogP contribution in [0.25, 0.3) is 0 Å². The first-order chi connectivity index (χ1) is 7.74. The number of nitrogens with one attached hydrogen (secondary N) is 1. The molecule has 0 aromatic carbocycles. The molecule has 0 fully saturated rings. The molecule has 0 spiro atoms. The average Bonchev–Trinajstić information content (AvgIpc) is 2.70. The molecule has 92 valence electrons. The summed E-state index contributed by atoms with van der Waals surface area (Å²) in [6, 6.07) is 0.336. The minimum Gasteiger partial charge on any atom is -0.382 e. The minimum absolute atomic E-state index is 0.336. The number of thiazole rings is 1. The number of nitrogens with zero attached hydrogens (tertiary/aromatic N) is 1. The van der Waals surface area contributed by atoms with Gasteiger partial charge >= 0.3 is 0 Å². The summed E-state index contributed by atoms with van der Waals surface area (Å²) in [7, 11) is 0. The van der Waals surface area contributed by atoms with Gasteiger partial charge in [-0.2, -0.15) is 0 Å². The van der Waals surface area contributed by atoms with E-state index in [0.717, 1.165) is 41.4 Å². The van der Waals surface area contributed by atoms with Crippen LogP contribution in [0, 0.1) is 0 Å². The van der Waals surface area contributed by atoms with E-state index in [0.29, 0.717) is 6.04 Å². The molecular formula is C11H19BrN2OS. The number of aromatic nitrogens is 1. The second kappa shape index (κ2) is 8.17. The zero-order chi connectivity index (χ0) is 11.8. The molecule has 1 atom stereocenters. The maximum absolute atomic E-state index is 5.28. The predicted molar refractivity (Wildman–Crippen MR) is 72.0 cm³/mol. The fourth-order valence-corrected chi connectivity index (χ4v) is 2.62. The summed E-state index contributed by atoms with van der Waals surface area (Å²) in [5.41, 5.74) is 0. The van der Waals surface area contributed by atoms with Crippen LogP contribution in [0.4, 0.5) is 0 Å². The largest absolute Gasteiger partial charge is 0.382 e. The lowest BCUT2D eigenvalue weighted by molar-refractivity contribution is 0.143. The van der Waals surface area contributed by atoms with E-state index < -0.39 is 0 Å². The smallest absolute Gasteiger partial charge is 0.110 e. The van der Waals surface area contributed by atoms with Gasteiger partial charge in [0, 0.05) is 13.2 Å². The summed E-state index contributed by atoms with van der Waals surface area (Å²) in [6.45, 7) is 6.88. The third-order valence-corrected chi connectivity index (χ3v) is 3.89. The van der Waals surface area contributed by atoms with Crippen molar-refractivity contribution in [3.63, 3.8) is 0 Å². The fraction of sp³-hybridized carbons (Fsp3) is 0.727. The summed E-state index contributed by atoms with van der Waals surface area (Å²) < 4.78 is 6.37. The highest BCUT2D eigenvalue weighted by atomic mass is 79.9.